The molecular weight excluding hydrogens is 346 g/mol. The first-order chi connectivity index (χ1) is 12.8. The molecule has 1 fully saturated rings. The Morgan fingerprint density at radius 1 is 1.26 bits per heavy atom. The van der Waals surface area contributed by atoms with Crippen LogP contribution in [0, 0.1) is 5.92 Å². The van der Waals surface area contributed by atoms with Crippen LogP contribution in [0.2, 0.25) is 0 Å². The second-order valence-electron chi connectivity index (χ2n) is 7.97. The van der Waals surface area contributed by atoms with Crippen LogP contribution in [0.25, 0.3) is 0 Å². The fraction of sp³-hybridized carbons (Fsp3) is 0.619. The van der Waals surface area contributed by atoms with Gasteiger partial charge in [0.2, 0.25) is 0 Å². The molecule has 1 amide bonds. The molecule has 0 saturated carbocycles. The lowest BCUT2D eigenvalue weighted by atomic mass is 9.99. The van der Waals surface area contributed by atoms with Gasteiger partial charge >= 0.3 is 12.1 Å². The number of hydrogen-bond acceptors (Lipinski definition) is 5. The Morgan fingerprint density at radius 3 is 2.74 bits per heavy atom. The first-order valence-corrected chi connectivity index (χ1v) is 9.53. The molecule has 6 heteroatoms. The largest absolute Gasteiger partial charge is 0.493 e. The van der Waals surface area contributed by atoms with Crippen molar-refractivity contribution in [2.45, 2.75) is 52.1 Å². The van der Waals surface area contributed by atoms with E-state index in [0.717, 1.165) is 30.7 Å². The highest BCUT2D eigenvalue weighted by atomic mass is 16.6. The summed E-state index contributed by atoms with van der Waals surface area (Å²) in [6.45, 7) is 7.57. The zero-order valence-corrected chi connectivity index (χ0v) is 16.8. The molecule has 6 nitrogen and oxygen atoms in total. The predicted octanol–water partition coefficient (Wildman–Crippen LogP) is 3.82. The van der Waals surface area contributed by atoms with Crippen LogP contribution in [0.4, 0.5) is 4.79 Å². The molecule has 0 radical (unpaired) electrons. The lowest BCUT2D eigenvalue weighted by molar-refractivity contribution is -0.140. The van der Waals surface area contributed by atoms with Crippen LogP contribution < -0.4 is 4.74 Å². The Hall–Kier alpha value is -2.24. The number of piperidine rings is 1. The van der Waals surface area contributed by atoms with Crippen LogP contribution in [0.1, 0.15) is 45.6 Å². The number of aryl methyl sites for hydroxylation is 1. The highest BCUT2D eigenvalue weighted by molar-refractivity contribution is 5.69. The topological polar surface area (TPSA) is 65.1 Å². The number of amides is 1. The van der Waals surface area contributed by atoms with Gasteiger partial charge in [0, 0.05) is 25.4 Å². The minimum absolute atomic E-state index is 0.217. The molecule has 1 saturated heterocycles. The molecule has 1 aromatic carbocycles. The molecule has 2 rings (SSSR count). The third-order valence-electron chi connectivity index (χ3n) is 4.40. The van der Waals surface area contributed by atoms with Crippen molar-refractivity contribution in [1.82, 2.24) is 4.90 Å². The zero-order chi connectivity index (χ0) is 19.9. The third kappa shape index (κ3) is 7.49. The highest BCUT2D eigenvalue weighted by Gasteiger charge is 2.27. The number of methoxy groups -OCH3 is 1. The van der Waals surface area contributed by atoms with Gasteiger partial charge in [-0.3, -0.25) is 4.79 Å². The van der Waals surface area contributed by atoms with Crippen LogP contribution in [0.15, 0.2) is 24.3 Å². The molecule has 1 atom stereocenters. The maximum atomic E-state index is 12.3. The fourth-order valence-corrected chi connectivity index (χ4v) is 3.05. The Balaban J connectivity index is 1.83. The van der Waals surface area contributed by atoms with Crippen LogP contribution in [-0.2, 0) is 20.7 Å². The van der Waals surface area contributed by atoms with Gasteiger partial charge < -0.3 is 19.1 Å². The van der Waals surface area contributed by atoms with Gasteiger partial charge in [0.05, 0.1) is 13.7 Å². The first kappa shape index (κ1) is 21.1. The van der Waals surface area contributed by atoms with Crippen LogP contribution in [-0.4, -0.2) is 49.4 Å². The number of rotatable bonds is 6. The average molecular weight is 377 g/mol. The standard InChI is InChI=1S/C21H31NO5/c1-21(2,3)27-20(24)22-12-6-8-17(14-22)15-26-18-9-5-7-16(13-18)10-11-19(23)25-4/h5,7,9,13,17H,6,8,10-12,14-15H2,1-4H3. The summed E-state index contributed by atoms with van der Waals surface area (Å²) < 4.78 is 16.1. The van der Waals surface area contributed by atoms with Gasteiger partial charge in [0.15, 0.2) is 0 Å². The summed E-state index contributed by atoms with van der Waals surface area (Å²) in [6, 6.07) is 7.77. The van der Waals surface area contributed by atoms with Crippen LogP contribution in [0.5, 0.6) is 5.75 Å². The van der Waals surface area contributed by atoms with E-state index in [1.54, 1.807) is 4.90 Å². The molecule has 0 N–H and O–H groups in total. The maximum Gasteiger partial charge on any atom is 0.410 e. The van der Waals surface area contributed by atoms with Crippen molar-refractivity contribution in [1.29, 1.82) is 0 Å². The molecule has 1 unspecified atom stereocenters. The number of benzene rings is 1. The third-order valence-corrected chi connectivity index (χ3v) is 4.40. The minimum Gasteiger partial charge on any atom is -0.493 e. The SMILES string of the molecule is COC(=O)CCc1cccc(OCC2CCCN(C(=O)OC(C)(C)C)C2)c1. The Morgan fingerprint density at radius 2 is 2.04 bits per heavy atom. The van der Waals surface area contributed by atoms with Crippen molar-refractivity contribution in [3.05, 3.63) is 29.8 Å². The van der Waals surface area contributed by atoms with Crippen molar-refractivity contribution < 1.29 is 23.8 Å². The molecule has 1 aromatic rings. The smallest absolute Gasteiger partial charge is 0.410 e. The summed E-state index contributed by atoms with van der Waals surface area (Å²) in [5, 5.41) is 0. The molecule has 1 aliphatic rings. The van der Waals surface area contributed by atoms with Crippen LogP contribution >= 0.6 is 0 Å². The number of carbonyl (C=O) groups excluding carboxylic acids is 2. The number of carbonyl (C=O) groups is 2. The average Bonchev–Trinajstić information content (AvgIpc) is 2.63. The fourth-order valence-electron chi connectivity index (χ4n) is 3.05. The van der Waals surface area contributed by atoms with Gasteiger partial charge in [0.25, 0.3) is 0 Å². The molecule has 0 aliphatic carbocycles. The van der Waals surface area contributed by atoms with Gasteiger partial charge in [-0.2, -0.15) is 0 Å². The lowest BCUT2D eigenvalue weighted by Gasteiger charge is -2.34. The number of ether oxygens (including phenoxy) is 3. The molecule has 0 aromatic heterocycles. The minimum atomic E-state index is -0.481. The number of likely N-dealkylation sites (tertiary alicyclic amines) is 1. The summed E-state index contributed by atoms with van der Waals surface area (Å²) in [6.07, 6.45) is 2.71. The van der Waals surface area contributed by atoms with E-state index in [-0.39, 0.29) is 18.0 Å². The normalized spacial score (nSPS) is 17.3. The second-order valence-corrected chi connectivity index (χ2v) is 7.97. The number of nitrogens with zero attached hydrogens (tertiary/aromatic N) is 1. The number of esters is 1. The predicted molar refractivity (Wildman–Crippen MR) is 103 cm³/mol. The van der Waals surface area contributed by atoms with E-state index in [4.69, 9.17) is 9.47 Å². The van der Waals surface area contributed by atoms with Gasteiger partial charge in [-0.05, 0) is 57.7 Å². The van der Waals surface area contributed by atoms with E-state index in [1.807, 2.05) is 45.0 Å². The summed E-state index contributed by atoms with van der Waals surface area (Å²) in [4.78, 5) is 25.3. The van der Waals surface area contributed by atoms with Crippen LogP contribution in [0.3, 0.4) is 0 Å². The molecule has 1 aliphatic heterocycles. The van der Waals surface area contributed by atoms with E-state index in [9.17, 15) is 9.59 Å². The molecule has 1 heterocycles. The monoisotopic (exact) mass is 377 g/mol. The number of hydrogen-bond donors (Lipinski definition) is 0. The Bertz CT molecular complexity index is 638. The van der Waals surface area contributed by atoms with E-state index in [1.165, 1.54) is 7.11 Å². The van der Waals surface area contributed by atoms with Crippen molar-refractivity contribution in [3.63, 3.8) is 0 Å². The van der Waals surface area contributed by atoms with Gasteiger partial charge in [0.1, 0.15) is 11.4 Å². The molecule has 150 valence electrons. The Kier molecular flexibility index (Phi) is 7.51. The summed E-state index contributed by atoms with van der Waals surface area (Å²) in [7, 11) is 1.40. The molecular formula is C21H31NO5. The van der Waals surface area contributed by atoms with Crippen molar-refractivity contribution >= 4 is 12.1 Å². The van der Waals surface area contributed by atoms with E-state index in [2.05, 4.69) is 4.74 Å². The lowest BCUT2D eigenvalue weighted by Crippen LogP contribution is -2.44. The van der Waals surface area contributed by atoms with Crippen molar-refractivity contribution in [2.75, 3.05) is 26.8 Å². The van der Waals surface area contributed by atoms with Gasteiger partial charge in [-0.15, -0.1) is 0 Å². The van der Waals surface area contributed by atoms with Crippen molar-refractivity contribution in [3.8, 4) is 5.75 Å². The van der Waals surface area contributed by atoms with E-state index >= 15 is 0 Å². The van der Waals surface area contributed by atoms with E-state index < -0.39 is 5.60 Å². The van der Waals surface area contributed by atoms with Gasteiger partial charge in [-0.25, -0.2) is 4.79 Å². The Labute approximate surface area is 161 Å². The van der Waals surface area contributed by atoms with E-state index in [0.29, 0.717) is 26.0 Å². The first-order valence-electron chi connectivity index (χ1n) is 9.53. The quantitative estimate of drug-likeness (QED) is 0.705. The zero-order valence-electron chi connectivity index (χ0n) is 16.8. The second kappa shape index (κ2) is 9.62. The highest BCUT2D eigenvalue weighted by Crippen LogP contribution is 2.22. The van der Waals surface area contributed by atoms with Crippen molar-refractivity contribution in [2.24, 2.45) is 5.92 Å². The van der Waals surface area contributed by atoms with Gasteiger partial charge in [-0.1, -0.05) is 12.1 Å². The summed E-state index contributed by atoms with van der Waals surface area (Å²) >= 11 is 0. The maximum absolute atomic E-state index is 12.3. The molecule has 27 heavy (non-hydrogen) atoms. The summed E-state index contributed by atoms with van der Waals surface area (Å²) in [5.41, 5.74) is 0.558. The molecule has 0 spiro atoms. The molecule has 0 bridgehead atoms. The summed E-state index contributed by atoms with van der Waals surface area (Å²) in [5.74, 6) is 0.850.